The number of H-pyrrole nitrogens is 1. The molecule has 0 bridgehead atoms. The molecule has 6 heteroatoms. The van der Waals surface area contributed by atoms with Crippen molar-refractivity contribution in [2.45, 2.75) is 13.5 Å². The molecule has 1 amide bonds. The van der Waals surface area contributed by atoms with Crippen LogP contribution in [0.15, 0.2) is 70.5 Å². The SMILES string of the molecule is Cc1co/c(=N\C(=O)c2c[nH]c3ncccc23)n1Cc1ccccc1. The van der Waals surface area contributed by atoms with Crippen LogP contribution in [0.3, 0.4) is 0 Å². The first-order chi connectivity index (χ1) is 12.2. The highest BCUT2D eigenvalue weighted by molar-refractivity contribution is 6.06. The molecule has 1 aromatic carbocycles. The Labute approximate surface area is 143 Å². The molecule has 0 saturated carbocycles. The smallest absolute Gasteiger partial charge is 0.305 e. The van der Waals surface area contributed by atoms with E-state index in [1.165, 1.54) is 0 Å². The standard InChI is InChI=1S/C19H16N4O2/c1-13-12-25-19(23(13)11-14-6-3-2-4-7-14)22-18(24)16-10-21-17-15(16)8-5-9-20-17/h2-10,12H,11H2,1H3,(H,20,21)/b22-19-. The van der Waals surface area contributed by atoms with Gasteiger partial charge in [0.25, 0.3) is 5.91 Å². The molecule has 3 heterocycles. The van der Waals surface area contributed by atoms with E-state index in [9.17, 15) is 4.79 Å². The normalized spacial score (nSPS) is 12.0. The van der Waals surface area contributed by atoms with Crippen LogP contribution in [-0.2, 0) is 6.54 Å². The predicted molar refractivity (Wildman–Crippen MR) is 93.0 cm³/mol. The maximum absolute atomic E-state index is 12.6. The minimum atomic E-state index is -0.365. The number of carbonyl (C=O) groups excluding carboxylic acids is 1. The molecule has 1 N–H and O–H groups in total. The van der Waals surface area contributed by atoms with E-state index in [4.69, 9.17) is 4.42 Å². The molecule has 0 unspecified atom stereocenters. The summed E-state index contributed by atoms with van der Waals surface area (Å²) in [5.74, 6) is -0.365. The molecule has 124 valence electrons. The summed E-state index contributed by atoms with van der Waals surface area (Å²) in [6, 6.07) is 13.6. The second-order valence-corrected chi connectivity index (χ2v) is 5.75. The van der Waals surface area contributed by atoms with Crippen molar-refractivity contribution in [2.24, 2.45) is 4.99 Å². The molecule has 0 fully saturated rings. The van der Waals surface area contributed by atoms with Gasteiger partial charge in [0.1, 0.15) is 11.9 Å². The minimum Gasteiger partial charge on any atom is -0.432 e. The Morgan fingerprint density at radius 3 is 2.92 bits per heavy atom. The maximum Gasteiger partial charge on any atom is 0.305 e. The summed E-state index contributed by atoms with van der Waals surface area (Å²) in [7, 11) is 0. The van der Waals surface area contributed by atoms with Gasteiger partial charge < -0.3 is 9.40 Å². The first-order valence-electron chi connectivity index (χ1n) is 7.92. The fourth-order valence-electron chi connectivity index (χ4n) is 2.74. The Kier molecular flexibility index (Phi) is 3.78. The van der Waals surface area contributed by atoms with E-state index in [1.54, 1.807) is 24.7 Å². The summed E-state index contributed by atoms with van der Waals surface area (Å²) >= 11 is 0. The largest absolute Gasteiger partial charge is 0.432 e. The molecular weight excluding hydrogens is 316 g/mol. The van der Waals surface area contributed by atoms with Crippen LogP contribution >= 0.6 is 0 Å². The predicted octanol–water partition coefficient (Wildman–Crippen LogP) is 3.06. The number of benzene rings is 1. The number of nitrogens with zero attached hydrogens (tertiary/aromatic N) is 3. The van der Waals surface area contributed by atoms with Gasteiger partial charge in [-0.3, -0.25) is 9.36 Å². The molecule has 0 atom stereocenters. The highest BCUT2D eigenvalue weighted by atomic mass is 16.3. The average Bonchev–Trinajstić information content (AvgIpc) is 3.21. The Morgan fingerprint density at radius 2 is 2.08 bits per heavy atom. The van der Waals surface area contributed by atoms with E-state index in [1.807, 2.05) is 47.9 Å². The Hall–Kier alpha value is -3.41. The van der Waals surface area contributed by atoms with Gasteiger partial charge in [-0.25, -0.2) is 4.98 Å². The van der Waals surface area contributed by atoms with E-state index < -0.39 is 0 Å². The quantitative estimate of drug-likeness (QED) is 0.626. The molecule has 0 aliphatic rings. The van der Waals surface area contributed by atoms with Gasteiger partial charge in [0, 0.05) is 17.8 Å². The van der Waals surface area contributed by atoms with Crippen molar-refractivity contribution < 1.29 is 9.21 Å². The molecule has 0 spiro atoms. The molecular formula is C19H16N4O2. The van der Waals surface area contributed by atoms with Crippen molar-refractivity contribution in [3.63, 3.8) is 0 Å². The molecule has 4 rings (SSSR count). The van der Waals surface area contributed by atoms with Crippen LogP contribution in [0.25, 0.3) is 11.0 Å². The van der Waals surface area contributed by atoms with E-state index in [0.29, 0.717) is 17.8 Å². The molecule has 0 aliphatic heterocycles. The molecule has 6 nitrogen and oxygen atoms in total. The lowest BCUT2D eigenvalue weighted by molar-refractivity contribution is 0.0994. The second-order valence-electron chi connectivity index (χ2n) is 5.75. The van der Waals surface area contributed by atoms with Gasteiger partial charge in [-0.2, -0.15) is 4.99 Å². The van der Waals surface area contributed by atoms with Gasteiger partial charge in [-0.1, -0.05) is 30.3 Å². The summed E-state index contributed by atoms with van der Waals surface area (Å²) < 4.78 is 7.37. The number of aryl methyl sites for hydroxylation is 1. The summed E-state index contributed by atoms with van der Waals surface area (Å²) in [5, 5.41) is 0.745. The zero-order valence-electron chi connectivity index (χ0n) is 13.6. The number of oxazole rings is 1. The summed E-state index contributed by atoms with van der Waals surface area (Å²) in [4.78, 5) is 24.0. The molecule has 3 aromatic heterocycles. The van der Waals surface area contributed by atoms with E-state index in [2.05, 4.69) is 15.0 Å². The second kappa shape index (κ2) is 6.24. The van der Waals surface area contributed by atoms with Crippen LogP contribution in [-0.4, -0.2) is 20.4 Å². The maximum atomic E-state index is 12.6. The van der Waals surface area contributed by atoms with Crippen molar-refractivity contribution in [2.75, 3.05) is 0 Å². The Balaban J connectivity index is 1.73. The van der Waals surface area contributed by atoms with Gasteiger partial charge in [-0.15, -0.1) is 0 Å². The van der Waals surface area contributed by atoms with Crippen molar-refractivity contribution in [3.05, 3.63) is 83.6 Å². The fourth-order valence-corrected chi connectivity index (χ4v) is 2.74. The van der Waals surface area contributed by atoms with Crippen molar-refractivity contribution >= 4 is 16.9 Å². The topological polar surface area (TPSA) is 76.2 Å². The summed E-state index contributed by atoms with van der Waals surface area (Å²) in [6.45, 7) is 2.51. The molecule has 0 aliphatic carbocycles. The zero-order chi connectivity index (χ0) is 17.2. The monoisotopic (exact) mass is 332 g/mol. The number of hydrogen-bond acceptors (Lipinski definition) is 3. The summed E-state index contributed by atoms with van der Waals surface area (Å²) in [6.07, 6.45) is 4.90. The fraction of sp³-hybridized carbons (Fsp3) is 0.105. The molecule has 0 saturated heterocycles. The first kappa shape index (κ1) is 15.1. The number of pyridine rings is 1. The number of hydrogen-bond donors (Lipinski definition) is 1. The van der Waals surface area contributed by atoms with Crippen molar-refractivity contribution in [1.82, 2.24) is 14.5 Å². The van der Waals surface area contributed by atoms with Gasteiger partial charge in [0.2, 0.25) is 0 Å². The first-order valence-corrected chi connectivity index (χ1v) is 7.92. The van der Waals surface area contributed by atoms with Gasteiger partial charge in [-0.05, 0) is 24.6 Å². The van der Waals surface area contributed by atoms with Crippen LogP contribution in [0.2, 0.25) is 0 Å². The van der Waals surface area contributed by atoms with Crippen LogP contribution < -0.4 is 5.68 Å². The molecule has 4 aromatic rings. The van der Waals surface area contributed by atoms with E-state index >= 15 is 0 Å². The lowest BCUT2D eigenvalue weighted by atomic mass is 10.2. The number of rotatable bonds is 3. The zero-order valence-corrected chi connectivity index (χ0v) is 13.6. The van der Waals surface area contributed by atoms with Crippen LogP contribution in [0.4, 0.5) is 0 Å². The minimum absolute atomic E-state index is 0.282. The molecule has 25 heavy (non-hydrogen) atoms. The number of fused-ring (bicyclic) bond motifs is 1. The number of aromatic nitrogens is 3. The highest BCUT2D eigenvalue weighted by Gasteiger charge is 2.13. The number of carbonyl (C=O) groups is 1. The van der Waals surface area contributed by atoms with Crippen LogP contribution in [0.1, 0.15) is 21.6 Å². The number of amides is 1. The third-order valence-corrected chi connectivity index (χ3v) is 4.05. The van der Waals surface area contributed by atoms with Gasteiger partial charge >= 0.3 is 5.68 Å². The van der Waals surface area contributed by atoms with E-state index in [-0.39, 0.29) is 11.6 Å². The number of nitrogens with one attached hydrogen (secondary N) is 1. The summed E-state index contributed by atoms with van der Waals surface area (Å²) in [5.41, 5.74) is 3.43. The van der Waals surface area contributed by atoms with E-state index in [0.717, 1.165) is 16.6 Å². The highest BCUT2D eigenvalue weighted by Crippen LogP contribution is 2.16. The van der Waals surface area contributed by atoms with Crippen LogP contribution in [0, 0.1) is 6.92 Å². The lowest BCUT2D eigenvalue weighted by Gasteiger charge is -2.04. The van der Waals surface area contributed by atoms with Crippen molar-refractivity contribution in [1.29, 1.82) is 0 Å². The Bertz CT molecular complexity index is 1100. The van der Waals surface area contributed by atoms with Gasteiger partial charge in [0.15, 0.2) is 0 Å². The van der Waals surface area contributed by atoms with Crippen molar-refractivity contribution in [3.8, 4) is 0 Å². The lowest BCUT2D eigenvalue weighted by Crippen LogP contribution is -2.20. The molecule has 0 radical (unpaired) electrons. The Morgan fingerprint density at radius 1 is 1.24 bits per heavy atom. The third-order valence-electron chi connectivity index (χ3n) is 4.05. The van der Waals surface area contributed by atoms with Gasteiger partial charge in [0.05, 0.1) is 17.8 Å². The average molecular weight is 332 g/mol. The third kappa shape index (κ3) is 2.89. The van der Waals surface area contributed by atoms with Crippen LogP contribution in [0.5, 0.6) is 0 Å². The number of aromatic amines is 1.